The van der Waals surface area contributed by atoms with Crippen LogP contribution >= 0.6 is 0 Å². The molecule has 2 unspecified atom stereocenters. The zero-order valence-corrected chi connectivity index (χ0v) is 19.2. The molecular weight excluding hydrogens is 364 g/mol. The number of unbranched alkanes of at least 4 members (excludes halogenated alkanes) is 5. The number of hydrogen-bond acceptors (Lipinski definition) is 4. The maximum Gasteiger partial charge on any atom is 0.305 e. The first-order valence-electron chi connectivity index (χ1n) is 12.2. The van der Waals surface area contributed by atoms with Crippen LogP contribution in [0.5, 0.6) is 0 Å². The van der Waals surface area contributed by atoms with E-state index in [9.17, 15) is 15.0 Å². The number of carbonyl (C=O) groups is 1. The van der Waals surface area contributed by atoms with Gasteiger partial charge in [-0.25, -0.2) is 0 Å². The predicted molar refractivity (Wildman–Crippen MR) is 120 cm³/mol. The quantitative estimate of drug-likeness (QED) is 0.188. The molecule has 2 N–H and O–H groups in total. The predicted octanol–water partition coefficient (Wildman–Crippen LogP) is 5.94. The number of esters is 1. The third kappa shape index (κ3) is 11.2. The highest BCUT2D eigenvalue weighted by atomic mass is 16.5. The molecule has 1 aliphatic carbocycles. The van der Waals surface area contributed by atoms with Crippen molar-refractivity contribution in [1.82, 2.24) is 0 Å². The van der Waals surface area contributed by atoms with E-state index in [1.54, 1.807) is 0 Å². The van der Waals surface area contributed by atoms with Crippen LogP contribution in [0.3, 0.4) is 0 Å². The summed E-state index contributed by atoms with van der Waals surface area (Å²) in [6.07, 6.45) is 15.3. The van der Waals surface area contributed by atoms with E-state index in [1.807, 2.05) is 0 Å². The Kier molecular flexibility index (Phi) is 14.3. The lowest BCUT2D eigenvalue weighted by Crippen LogP contribution is -2.18. The molecule has 4 heteroatoms. The molecular formula is C25H46O4. The van der Waals surface area contributed by atoms with Crippen LogP contribution in [0.2, 0.25) is 0 Å². The number of aliphatic hydroxyl groups excluding tert-OH is 2. The second-order valence-corrected chi connectivity index (χ2v) is 8.94. The SMILES string of the molecule is CCCCOC(=O)CCCCCC[C@@H]1C(=CCC(O)C(C)CCCC)CC[C@@H]1O. The number of hydrogen-bond donors (Lipinski definition) is 2. The van der Waals surface area contributed by atoms with Crippen molar-refractivity contribution in [2.24, 2.45) is 11.8 Å². The number of carbonyl (C=O) groups excluding carboxylic acids is 1. The third-order valence-electron chi connectivity index (χ3n) is 6.37. The molecule has 1 saturated carbocycles. The Bertz CT molecular complexity index is 460. The normalized spacial score (nSPS) is 22.7. The summed E-state index contributed by atoms with van der Waals surface area (Å²) in [5, 5.41) is 20.8. The molecule has 0 amide bonds. The van der Waals surface area contributed by atoms with E-state index in [-0.39, 0.29) is 24.1 Å². The van der Waals surface area contributed by atoms with Gasteiger partial charge in [0.05, 0.1) is 18.8 Å². The Hall–Kier alpha value is -0.870. The fourth-order valence-electron chi connectivity index (χ4n) is 4.19. The van der Waals surface area contributed by atoms with E-state index in [4.69, 9.17) is 4.74 Å². The molecule has 0 saturated heterocycles. The lowest BCUT2D eigenvalue weighted by Gasteiger charge is -2.19. The van der Waals surface area contributed by atoms with E-state index in [0.29, 0.717) is 25.4 Å². The summed E-state index contributed by atoms with van der Waals surface area (Å²) in [5.74, 6) is 0.527. The Balaban J connectivity index is 2.25. The van der Waals surface area contributed by atoms with E-state index in [2.05, 4.69) is 26.8 Å². The first-order chi connectivity index (χ1) is 14.0. The number of ether oxygens (including phenoxy) is 1. The largest absolute Gasteiger partial charge is 0.466 e. The molecule has 1 fully saturated rings. The number of rotatable bonds is 16. The van der Waals surface area contributed by atoms with Gasteiger partial charge in [-0.1, -0.05) is 70.9 Å². The second kappa shape index (κ2) is 15.9. The van der Waals surface area contributed by atoms with Crippen molar-refractivity contribution in [3.05, 3.63) is 11.6 Å². The van der Waals surface area contributed by atoms with Gasteiger partial charge in [-0.05, 0) is 50.9 Å². The van der Waals surface area contributed by atoms with Crippen LogP contribution in [-0.4, -0.2) is 35.0 Å². The van der Waals surface area contributed by atoms with Gasteiger partial charge in [0.1, 0.15) is 0 Å². The van der Waals surface area contributed by atoms with Crippen LogP contribution in [-0.2, 0) is 9.53 Å². The highest BCUT2D eigenvalue weighted by Crippen LogP contribution is 2.36. The van der Waals surface area contributed by atoms with Crippen molar-refractivity contribution < 1.29 is 19.7 Å². The van der Waals surface area contributed by atoms with Gasteiger partial charge in [0.2, 0.25) is 0 Å². The molecule has 0 bridgehead atoms. The molecule has 0 aromatic rings. The molecule has 0 heterocycles. The van der Waals surface area contributed by atoms with Crippen LogP contribution in [0.4, 0.5) is 0 Å². The molecule has 0 spiro atoms. The van der Waals surface area contributed by atoms with E-state index in [0.717, 1.165) is 64.2 Å². The minimum absolute atomic E-state index is 0.0680. The molecule has 29 heavy (non-hydrogen) atoms. The molecule has 0 aliphatic heterocycles. The smallest absolute Gasteiger partial charge is 0.305 e. The minimum Gasteiger partial charge on any atom is -0.466 e. The van der Waals surface area contributed by atoms with E-state index < -0.39 is 0 Å². The Labute approximate surface area is 179 Å². The van der Waals surface area contributed by atoms with Crippen molar-refractivity contribution in [3.8, 4) is 0 Å². The average molecular weight is 411 g/mol. The van der Waals surface area contributed by atoms with Gasteiger partial charge in [0, 0.05) is 12.3 Å². The summed E-state index contributed by atoms with van der Waals surface area (Å²) >= 11 is 0. The van der Waals surface area contributed by atoms with Gasteiger partial charge >= 0.3 is 5.97 Å². The second-order valence-electron chi connectivity index (χ2n) is 8.94. The Morgan fingerprint density at radius 2 is 1.86 bits per heavy atom. The summed E-state index contributed by atoms with van der Waals surface area (Å²) in [7, 11) is 0. The highest BCUT2D eigenvalue weighted by Gasteiger charge is 2.29. The highest BCUT2D eigenvalue weighted by molar-refractivity contribution is 5.69. The van der Waals surface area contributed by atoms with Gasteiger partial charge in [-0.3, -0.25) is 4.79 Å². The maximum atomic E-state index is 11.6. The van der Waals surface area contributed by atoms with Crippen LogP contribution < -0.4 is 0 Å². The monoisotopic (exact) mass is 410 g/mol. The first-order valence-corrected chi connectivity index (χ1v) is 12.2. The van der Waals surface area contributed by atoms with Crippen molar-refractivity contribution in [1.29, 1.82) is 0 Å². The summed E-state index contributed by atoms with van der Waals surface area (Å²) < 4.78 is 5.18. The van der Waals surface area contributed by atoms with Gasteiger partial charge in [0.15, 0.2) is 0 Å². The van der Waals surface area contributed by atoms with Crippen LogP contribution in [0, 0.1) is 11.8 Å². The molecule has 0 aromatic heterocycles. The topological polar surface area (TPSA) is 66.8 Å². The third-order valence-corrected chi connectivity index (χ3v) is 6.37. The zero-order valence-electron chi connectivity index (χ0n) is 19.2. The van der Waals surface area contributed by atoms with Gasteiger partial charge < -0.3 is 14.9 Å². The Morgan fingerprint density at radius 3 is 2.59 bits per heavy atom. The van der Waals surface area contributed by atoms with Crippen molar-refractivity contribution in [3.63, 3.8) is 0 Å². The van der Waals surface area contributed by atoms with E-state index in [1.165, 1.54) is 18.4 Å². The summed E-state index contributed by atoms with van der Waals surface area (Å²) in [5.41, 5.74) is 1.35. The van der Waals surface area contributed by atoms with Crippen LogP contribution in [0.25, 0.3) is 0 Å². The van der Waals surface area contributed by atoms with E-state index >= 15 is 0 Å². The van der Waals surface area contributed by atoms with Crippen molar-refractivity contribution >= 4 is 5.97 Å². The molecule has 1 aliphatic rings. The molecule has 4 nitrogen and oxygen atoms in total. The number of aliphatic hydroxyl groups is 2. The molecule has 4 atom stereocenters. The molecule has 0 aromatic carbocycles. The van der Waals surface area contributed by atoms with Crippen molar-refractivity contribution in [2.45, 2.75) is 123 Å². The summed E-state index contributed by atoms with van der Waals surface area (Å²) in [4.78, 5) is 11.6. The summed E-state index contributed by atoms with van der Waals surface area (Å²) in [6, 6.07) is 0. The van der Waals surface area contributed by atoms with Gasteiger partial charge in [-0.2, -0.15) is 0 Å². The van der Waals surface area contributed by atoms with Crippen LogP contribution in [0.15, 0.2) is 11.6 Å². The first kappa shape index (κ1) is 26.2. The minimum atomic E-state index is -0.274. The fourth-order valence-corrected chi connectivity index (χ4v) is 4.19. The van der Waals surface area contributed by atoms with Crippen molar-refractivity contribution in [2.75, 3.05) is 6.61 Å². The van der Waals surface area contributed by atoms with Gasteiger partial charge in [0.25, 0.3) is 0 Å². The molecule has 0 radical (unpaired) electrons. The molecule has 1 rings (SSSR count). The average Bonchev–Trinajstić information content (AvgIpc) is 3.06. The standard InChI is InChI=1S/C25H46O4/c1-4-6-12-20(3)23(26)17-15-21-16-18-24(27)22(21)13-10-8-9-11-14-25(28)29-19-7-5-2/h15,20,22-24,26-27H,4-14,16-19H2,1-3H3/t20?,22-,23?,24+/m1/s1. The Morgan fingerprint density at radius 1 is 1.14 bits per heavy atom. The summed E-state index contributed by atoms with van der Waals surface area (Å²) in [6.45, 7) is 6.96. The zero-order chi connectivity index (χ0) is 21.5. The van der Waals surface area contributed by atoms with Crippen LogP contribution in [0.1, 0.15) is 111 Å². The fraction of sp³-hybridized carbons (Fsp3) is 0.880. The van der Waals surface area contributed by atoms with Gasteiger partial charge in [-0.15, -0.1) is 0 Å². The maximum absolute atomic E-state index is 11.6. The molecule has 170 valence electrons. The lowest BCUT2D eigenvalue weighted by molar-refractivity contribution is -0.143. The lowest BCUT2D eigenvalue weighted by atomic mass is 9.91.